The summed E-state index contributed by atoms with van der Waals surface area (Å²) in [5.41, 5.74) is 4.15. The topological polar surface area (TPSA) is 41.6 Å². The van der Waals surface area contributed by atoms with Gasteiger partial charge in [-0.15, -0.1) is 0 Å². The van der Waals surface area contributed by atoms with Crippen LogP contribution in [0.25, 0.3) is 0 Å². The number of amides is 1. The van der Waals surface area contributed by atoms with Crippen molar-refractivity contribution in [2.75, 3.05) is 19.7 Å². The Morgan fingerprint density at radius 3 is 2.59 bits per heavy atom. The molecule has 1 amide bonds. The normalized spacial score (nSPS) is 28.5. The zero-order valence-corrected chi connectivity index (χ0v) is 14.0. The average molecular weight is 302 g/mol. The van der Waals surface area contributed by atoms with Gasteiger partial charge < -0.3 is 10.1 Å². The lowest BCUT2D eigenvalue weighted by molar-refractivity contribution is -0.0390. The fourth-order valence-electron chi connectivity index (χ4n) is 3.94. The van der Waals surface area contributed by atoms with Gasteiger partial charge in [0, 0.05) is 30.7 Å². The maximum atomic E-state index is 12.7. The van der Waals surface area contributed by atoms with E-state index in [4.69, 9.17) is 4.74 Å². The lowest BCUT2D eigenvalue weighted by Gasteiger charge is -2.33. The number of hydrogen-bond donors (Lipinski definition) is 1. The number of aryl methyl sites for hydroxylation is 3. The number of morpholine rings is 1. The first-order chi connectivity index (χ1) is 10.4. The van der Waals surface area contributed by atoms with Crippen LogP contribution in [0.3, 0.4) is 0 Å². The molecule has 22 heavy (non-hydrogen) atoms. The summed E-state index contributed by atoms with van der Waals surface area (Å²) in [6, 6.07) is 4.85. The number of hydrogen-bond acceptors (Lipinski definition) is 3. The van der Waals surface area contributed by atoms with Gasteiger partial charge in [0.25, 0.3) is 5.91 Å². The molecule has 2 aliphatic heterocycles. The van der Waals surface area contributed by atoms with Crippen molar-refractivity contribution in [1.82, 2.24) is 10.2 Å². The van der Waals surface area contributed by atoms with E-state index >= 15 is 0 Å². The highest BCUT2D eigenvalue weighted by Gasteiger charge is 2.37. The van der Waals surface area contributed by atoms with Gasteiger partial charge in [-0.05, 0) is 45.2 Å². The van der Waals surface area contributed by atoms with E-state index in [2.05, 4.69) is 36.2 Å². The van der Waals surface area contributed by atoms with E-state index in [1.54, 1.807) is 0 Å². The van der Waals surface area contributed by atoms with Crippen molar-refractivity contribution in [1.29, 1.82) is 0 Å². The molecule has 0 aliphatic carbocycles. The van der Waals surface area contributed by atoms with E-state index < -0.39 is 0 Å². The molecule has 0 radical (unpaired) electrons. The van der Waals surface area contributed by atoms with Gasteiger partial charge in [-0.1, -0.05) is 17.7 Å². The van der Waals surface area contributed by atoms with Gasteiger partial charge in [0.1, 0.15) is 0 Å². The smallest absolute Gasteiger partial charge is 0.252 e. The highest BCUT2D eigenvalue weighted by molar-refractivity contribution is 5.97. The molecule has 1 N–H and O–H groups in total. The van der Waals surface area contributed by atoms with E-state index in [0.717, 1.165) is 42.8 Å². The third-order valence-electron chi connectivity index (χ3n) is 4.83. The van der Waals surface area contributed by atoms with Crippen LogP contribution in [0.2, 0.25) is 0 Å². The van der Waals surface area contributed by atoms with Gasteiger partial charge in [-0.2, -0.15) is 0 Å². The van der Waals surface area contributed by atoms with Gasteiger partial charge in [0.2, 0.25) is 0 Å². The number of carbonyl (C=O) groups is 1. The number of ether oxygens (including phenoxy) is 1. The summed E-state index contributed by atoms with van der Waals surface area (Å²) < 4.78 is 5.73. The Bertz CT molecular complexity index is 561. The van der Waals surface area contributed by atoms with Crippen molar-refractivity contribution in [2.45, 2.75) is 52.3 Å². The molecule has 2 aliphatic rings. The second kappa shape index (κ2) is 6.01. The first-order valence-corrected chi connectivity index (χ1v) is 8.18. The fraction of sp³-hybridized carbons (Fsp3) is 0.611. The number of carbonyl (C=O) groups excluding carboxylic acids is 1. The molecule has 0 aromatic heterocycles. The van der Waals surface area contributed by atoms with E-state index in [9.17, 15) is 4.79 Å². The minimum absolute atomic E-state index is 0.0637. The van der Waals surface area contributed by atoms with Gasteiger partial charge in [0.05, 0.1) is 12.7 Å². The summed E-state index contributed by atoms with van der Waals surface area (Å²) in [7, 11) is 0. The lowest BCUT2D eigenvalue weighted by atomic mass is 9.99. The van der Waals surface area contributed by atoms with Crippen LogP contribution in [0, 0.1) is 20.8 Å². The van der Waals surface area contributed by atoms with Gasteiger partial charge in [-0.3, -0.25) is 9.69 Å². The van der Waals surface area contributed by atoms with Gasteiger partial charge in [-0.25, -0.2) is 0 Å². The van der Waals surface area contributed by atoms with Crippen molar-refractivity contribution in [3.05, 3.63) is 34.4 Å². The molecule has 0 bridgehead atoms. The van der Waals surface area contributed by atoms with Crippen LogP contribution in [-0.2, 0) is 4.74 Å². The zero-order chi connectivity index (χ0) is 15.9. The van der Waals surface area contributed by atoms with E-state index in [0.29, 0.717) is 12.1 Å². The molecule has 0 saturated carbocycles. The first kappa shape index (κ1) is 15.5. The molecule has 3 rings (SSSR count). The average Bonchev–Trinajstić information content (AvgIpc) is 2.78. The quantitative estimate of drug-likeness (QED) is 0.910. The summed E-state index contributed by atoms with van der Waals surface area (Å²) in [5, 5.41) is 3.23. The predicted octanol–water partition coefficient (Wildman–Crippen LogP) is 2.20. The Balaban J connectivity index is 1.68. The van der Waals surface area contributed by atoms with E-state index in [1.165, 1.54) is 5.56 Å². The molecular weight excluding hydrogens is 276 g/mol. The minimum Gasteiger partial charge on any atom is -0.376 e. The molecule has 120 valence electrons. The van der Waals surface area contributed by atoms with Crippen LogP contribution in [-0.4, -0.2) is 48.7 Å². The number of fused-ring (bicyclic) bond motifs is 1. The Labute approximate surface area is 132 Å². The summed E-state index contributed by atoms with van der Waals surface area (Å²) in [6.45, 7) is 10.9. The lowest BCUT2D eigenvalue weighted by Crippen LogP contribution is -2.45. The molecule has 2 heterocycles. The Hall–Kier alpha value is -1.39. The molecule has 2 fully saturated rings. The van der Waals surface area contributed by atoms with Crippen LogP contribution in [0.15, 0.2) is 12.1 Å². The number of nitrogens with zero attached hydrogens (tertiary/aromatic N) is 1. The molecule has 0 unspecified atom stereocenters. The van der Waals surface area contributed by atoms with Gasteiger partial charge >= 0.3 is 0 Å². The fourth-order valence-corrected chi connectivity index (χ4v) is 3.94. The third kappa shape index (κ3) is 3.03. The highest BCUT2D eigenvalue weighted by Crippen LogP contribution is 2.24. The van der Waals surface area contributed by atoms with Gasteiger partial charge in [0.15, 0.2) is 0 Å². The summed E-state index contributed by atoms with van der Waals surface area (Å²) in [5.74, 6) is 0.0637. The third-order valence-corrected chi connectivity index (χ3v) is 4.83. The van der Waals surface area contributed by atoms with Crippen molar-refractivity contribution in [3.63, 3.8) is 0 Å². The maximum Gasteiger partial charge on any atom is 0.252 e. The van der Waals surface area contributed by atoms with E-state index in [1.807, 2.05) is 13.8 Å². The minimum atomic E-state index is 0.0637. The molecular formula is C18H26N2O2. The van der Waals surface area contributed by atoms with Crippen molar-refractivity contribution in [2.24, 2.45) is 0 Å². The van der Waals surface area contributed by atoms with Crippen LogP contribution < -0.4 is 5.32 Å². The van der Waals surface area contributed by atoms with Crippen molar-refractivity contribution >= 4 is 5.91 Å². The number of rotatable bonds is 2. The number of benzene rings is 1. The Morgan fingerprint density at radius 1 is 1.23 bits per heavy atom. The molecule has 4 heteroatoms. The summed E-state index contributed by atoms with van der Waals surface area (Å²) in [4.78, 5) is 15.1. The van der Waals surface area contributed by atoms with Crippen molar-refractivity contribution < 1.29 is 9.53 Å². The maximum absolute atomic E-state index is 12.7. The van der Waals surface area contributed by atoms with Crippen LogP contribution >= 0.6 is 0 Å². The van der Waals surface area contributed by atoms with Crippen LogP contribution in [0.4, 0.5) is 0 Å². The monoisotopic (exact) mass is 302 g/mol. The molecule has 1 aromatic carbocycles. The number of nitrogens with one attached hydrogen (secondary N) is 1. The van der Waals surface area contributed by atoms with Crippen molar-refractivity contribution in [3.8, 4) is 0 Å². The highest BCUT2D eigenvalue weighted by atomic mass is 16.5. The molecule has 0 spiro atoms. The summed E-state index contributed by atoms with van der Waals surface area (Å²) >= 11 is 0. The second-order valence-corrected chi connectivity index (χ2v) is 6.93. The Morgan fingerprint density at radius 2 is 1.91 bits per heavy atom. The molecule has 2 saturated heterocycles. The molecule has 3 atom stereocenters. The van der Waals surface area contributed by atoms with Crippen LogP contribution in [0.5, 0.6) is 0 Å². The SMILES string of the molecule is Cc1cc(C)c(C(=O)N[C@@H]2C[C@H]3CO[C@H](C)CN3C2)c(C)c1. The van der Waals surface area contributed by atoms with Crippen LogP contribution in [0.1, 0.15) is 40.4 Å². The Kier molecular flexibility index (Phi) is 4.24. The predicted molar refractivity (Wildman–Crippen MR) is 87.3 cm³/mol. The van der Waals surface area contributed by atoms with E-state index in [-0.39, 0.29) is 11.9 Å². The zero-order valence-electron chi connectivity index (χ0n) is 14.0. The largest absolute Gasteiger partial charge is 0.376 e. The molecule has 1 aromatic rings. The first-order valence-electron chi connectivity index (χ1n) is 8.18. The molecule has 4 nitrogen and oxygen atoms in total. The second-order valence-electron chi connectivity index (χ2n) is 6.93. The standard InChI is InChI=1S/C18H26N2O2/c1-11-5-12(2)17(13(3)6-11)18(21)19-15-7-16-10-22-14(4)8-20(16)9-15/h5-6,14-16H,7-10H2,1-4H3,(H,19,21)/t14-,15-,16+/m1/s1. The summed E-state index contributed by atoms with van der Waals surface area (Å²) in [6.07, 6.45) is 1.29.